The Hall–Kier alpha value is -2.64. The van der Waals surface area contributed by atoms with Gasteiger partial charge >= 0.3 is 0 Å². The summed E-state index contributed by atoms with van der Waals surface area (Å²) in [5.41, 5.74) is 0.00732. The van der Waals surface area contributed by atoms with Gasteiger partial charge < -0.3 is 15.3 Å². The number of nitrogens with one attached hydrogen (secondary N) is 3. The van der Waals surface area contributed by atoms with Crippen LogP contribution in [0.3, 0.4) is 0 Å². The van der Waals surface area contributed by atoms with Crippen molar-refractivity contribution in [1.82, 2.24) is 20.3 Å². The van der Waals surface area contributed by atoms with Crippen LogP contribution < -0.4 is 5.32 Å². The molecule has 3 N–H and O–H groups in total. The topological polar surface area (TPSA) is 117 Å². The summed E-state index contributed by atoms with van der Waals surface area (Å²) in [7, 11) is 0. The van der Waals surface area contributed by atoms with E-state index in [1.165, 1.54) is 12.3 Å². The van der Waals surface area contributed by atoms with Crippen molar-refractivity contribution in [3.8, 4) is 0 Å². The van der Waals surface area contributed by atoms with Crippen molar-refractivity contribution in [1.29, 1.82) is 0 Å². The van der Waals surface area contributed by atoms with E-state index in [0.717, 1.165) is 0 Å². The molecule has 0 aromatic carbocycles. The molecule has 0 radical (unpaired) electrons. The highest BCUT2D eigenvalue weighted by Gasteiger charge is 2.19. The molecule has 100 valence electrons. The van der Waals surface area contributed by atoms with E-state index in [2.05, 4.69) is 20.3 Å². The number of aromatic amines is 2. The molecular formula is C11H13N5O3. The van der Waals surface area contributed by atoms with Crippen LogP contribution >= 0.6 is 0 Å². The largest absolute Gasteiger partial charge is 0.351 e. The molecular weight excluding hydrogens is 250 g/mol. The Morgan fingerprint density at radius 2 is 2.37 bits per heavy atom. The number of carbonyl (C=O) groups excluding carboxylic acids is 1. The quantitative estimate of drug-likeness (QED) is 0.560. The van der Waals surface area contributed by atoms with E-state index in [-0.39, 0.29) is 17.4 Å². The highest BCUT2D eigenvalue weighted by Crippen LogP contribution is 2.15. The average Bonchev–Trinajstić information content (AvgIpc) is 3.05. The van der Waals surface area contributed by atoms with Gasteiger partial charge in [-0.15, -0.1) is 0 Å². The fourth-order valence-electron chi connectivity index (χ4n) is 1.69. The van der Waals surface area contributed by atoms with Crippen LogP contribution in [0.15, 0.2) is 24.7 Å². The first-order valence-electron chi connectivity index (χ1n) is 5.74. The summed E-state index contributed by atoms with van der Waals surface area (Å²) in [6.07, 6.45) is 5.11. The van der Waals surface area contributed by atoms with E-state index >= 15 is 0 Å². The van der Waals surface area contributed by atoms with Gasteiger partial charge in [-0.2, -0.15) is 0 Å². The summed E-state index contributed by atoms with van der Waals surface area (Å²) in [6.45, 7) is 1.91. The number of imidazole rings is 1. The van der Waals surface area contributed by atoms with Crippen LogP contribution in [0.25, 0.3) is 0 Å². The van der Waals surface area contributed by atoms with Crippen LogP contribution in [-0.4, -0.2) is 25.8 Å². The Kier molecular flexibility index (Phi) is 3.60. The number of hydrogen-bond donors (Lipinski definition) is 3. The Bertz CT molecular complexity index is 575. The van der Waals surface area contributed by atoms with Gasteiger partial charge in [-0.25, -0.2) is 4.98 Å². The molecule has 8 nitrogen and oxygen atoms in total. The zero-order valence-electron chi connectivity index (χ0n) is 10.2. The van der Waals surface area contributed by atoms with Crippen molar-refractivity contribution < 1.29 is 9.72 Å². The molecule has 1 unspecified atom stereocenters. The lowest BCUT2D eigenvalue weighted by molar-refractivity contribution is -0.384. The molecule has 0 saturated carbocycles. The highest BCUT2D eigenvalue weighted by molar-refractivity contribution is 5.93. The van der Waals surface area contributed by atoms with Crippen LogP contribution in [0.1, 0.15) is 35.7 Å². The van der Waals surface area contributed by atoms with E-state index in [0.29, 0.717) is 12.2 Å². The van der Waals surface area contributed by atoms with Gasteiger partial charge in [-0.1, -0.05) is 6.92 Å². The smallest absolute Gasteiger partial charge is 0.287 e. The molecule has 2 aromatic heterocycles. The lowest BCUT2D eigenvalue weighted by Crippen LogP contribution is -2.29. The number of rotatable bonds is 5. The Morgan fingerprint density at radius 3 is 2.89 bits per heavy atom. The molecule has 0 saturated heterocycles. The summed E-state index contributed by atoms with van der Waals surface area (Å²) in [6, 6.07) is 0.939. The molecule has 0 fully saturated rings. The number of amides is 1. The predicted octanol–water partition coefficient (Wildman–Crippen LogP) is 1.53. The van der Waals surface area contributed by atoms with Crippen molar-refractivity contribution in [2.75, 3.05) is 0 Å². The number of hydrogen-bond acceptors (Lipinski definition) is 4. The Balaban J connectivity index is 2.09. The minimum absolute atomic E-state index is 0.142. The normalized spacial score (nSPS) is 12.1. The van der Waals surface area contributed by atoms with Crippen molar-refractivity contribution in [3.63, 3.8) is 0 Å². The van der Waals surface area contributed by atoms with Gasteiger partial charge in [-0.3, -0.25) is 14.9 Å². The number of nitrogens with zero attached hydrogens (tertiary/aromatic N) is 2. The standard InChI is InChI=1S/C11H13N5O3/c1-2-8(10-12-3-4-13-10)15-11(17)9-5-7(6-14-9)16(18)19/h3-6,8,14H,2H2,1H3,(H,12,13)(H,15,17). The van der Waals surface area contributed by atoms with E-state index in [1.807, 2.05) is 6.92 Å². The molecule has 1 amide bonds. The third kappa shape index (κ3) is 2.79. The maximum atomic E-state index is 11.9. The molecule has 2 aromatic rings. The second kappa shape index (κ2) is 5.34. The van der Waals surface area contributed by atoms with Gasteiger partial charge in [0.25, 0.3) is 11.6 Å². The van der Waals surface area contributed by atoms with Gasteiger partial charge in [0.1, 0.15) is 11.5 Å². The third-order valence-electron chi connectivity index (χ3n) is 2.69. The molecule has 19 heavy (non-hydrogen) atoms. The summed E-state index contributed by atoms with van der Waals surface area (Å²) in [4.78, 5) is 31.5. The van der Waals surface area contributed by atoms with E-state index in [4.69, 9.17) is 0 Å². The molecule has 0 aliphatic heterocycles. The van der Waals surface area contributed by atoms with Gasteiger partial charge in [-0.05, 0) is 6.42 Å². The number of H-pyrrole nitrogens is 2. The number of aromatic nitrogens is 3. The SMILES string of the molecule is CCC(NC(=O)c1cc([N+](=O)[O-])c[nH]1)c1ncc[nH]1. The number of nitro groups is 1. The summed E-state index contributed by atoms with van der Waals surface area (Å²) < 4.78 is 0. The van der Waals surface area contributed by atoms with Crippen LogP contribution in [-0.2, 0) is 0 Å². The first-order chi connectivity index (χ1) is 9.11. The van der Waals surface area contributed by atoms with Gasteiger partial charge in [0.05, 0.1) is 17.2 Å². The lowest BCUT2D eigenvalue weighted by Gasteiger charge is -2.13. The fraction of sp³-hybridized carbons (Fsp3) is 0.273. The minimum atomic E-state index is -0.558. The fourth-order valence-corrected chi connectivity index (χ4v) is 1.69. The van der Waals surface area contributed by atoms with Gasteiger partial charge in [0, 0.05) is 18.5 Å². The lowest BCUT2D eigenvalue weighted by atomic mass is 10.2. The molecule has 0 aliphatic rings. The van der Waals surface area contributed by atoms with Crippen molar-refractivity contribution in [3.05, 3.63) is 46.3 Å². The molecule has 8 heteroatoms. The van der Waals surface area contributed by atoms with Crippen LogP contribution in [0, 0.1) is 10.1 Å². The second-order valence-electron chi connectivity index (χ2n) is 3.94. The maximum absolute atomic E-state index is 11.9. The van der Waals surface area contributed by atoms with Crippen LogP contribution in [0.4, 0.5) is 5.69 Å². The number of carbonyl (C=O) groups is 1. The molecule has 0 bridgehead atoms. The molecule has 2 rings (SSSR count). The molecule has 0 aliphatic carbocycles. The van der Waals surface area contributed by atoms with E-state index in [9.17, 15) is 14.9 Å². The first-order valence-corrected chi connectivity index (χ1v) is 5.74. The van der Waals surface area contributed by atoms with Crippen molar-refractivity contribution >= 4 is 11.6 Å². The Morgan fingerprint density at radius 1 is 1.58 bits per heavy atom. The third-order valence-corrected chi connectivity index (χ3v) is 2.69. The molecule has 2 heterocycles. The second-order valence-corrected chi connectivity index (χ2v) is 3.94. The predicted molar refractivity (Wildman–Crippen MR) is 66.5 cm³/mol. The molecule has 1 atom stereocenters. The monoisotopic (exact) mass is 263 g/mol. The zero-order valence-corrected chi connectivity index (χ0v) is 10.2. The summed E-state index contributed by atoms with van der Waals surface area (Å²) >= 11 is 0. The van der Waals surface area contributed by atoms with Crippen LogP contribution in [0.2, 0.25) is 0 Å². The average molecular weight is 263 g/mol. The minimum Gasteiger partial charge on any atom is -0.351 e. The van der Waals surface area contributed by atoms with Crippen LogP contribution in [0.5, 0.6) is 0 Å². The zero-order chi connectivity index (χ0) is 13.8. The summed E-state index contributed by atoms with van der Waals surface area (Å²) in [5.74, 6) is 0.244. The van der Waals surface area contributed by atoms with E-state index < -0.39 is 10.8 Å². The van der Waals surface area contributed by atoms with Gasteiger partial charge in [0.2, 0.25) is 0 Å². The highest BCUT2D eigenvalue weighted by atomic mass is 16.6. The maximum Gasteiger partial charge on any atom is 0.287 e. The van der Waals surface area contributed by atoms with Gasteiger partial charge in [0.15, 0.2) is 0 Å². The van der Waals surface area contributed by atoms with E-state index in [1.54, 1.807) is 12.4 Å². The van der Waals surface area contributed by atoms with Crippen molar-refractivity contribution in [2.24, 2.45) is 0 Å². The van der Waals surface area contributed by atoms with Crippen molar-refractivity contribution in [2.45, 2.75) is 19.4 Å². The molecule has 0 spiro atoms. The summed E-state index contributed by atoms with van der Waals surface area (Å²) in [5, 5.41) is 13.3. The Labute approximate surface area is 108 Å². The first kappa shape index (κ1) is 12.8.